The van der Waals surface area contributed by atoms with Crippen molar-refractivity contribution >= 4 is 17.4 Å². The van der Waals surface area contributed by atoms with Gasteiger partial charge < -0.3 is 9.47 Å². The lowest BCUT2D eigenvalue weighted by Gasteiger charge is -2.07. The predicted octanol–water partition coefficient (Wildman–Crippen LogP) is 2.58. The SMILES string of the molecule is CC(=O)c1c(C)cc2c(c1Cl)OCO2. The Bertz CT molecular complexity index is 412. The van der Waals surface area contributed by atoms with Crippen molar-refractivity contribution in [1.82, 2.24) is 0 Å². The van der Waals surface area contributed by atoms with Crippen LogP contribution in [0.4, 0.5) is 0 Å². The summed E-state index contributed by atoms with van der Waals surface area (Å²) < 4.78 is 10.3. The molecule has 0 N–H and O–H groups in total. The standard InChI is InChI=1S/C10H9ClO3/c1-5-3-7-10(14-4-13-7)9(11)8(5)6(2)12/h3H,4H2,1-2H3. The van der Waals surface area contributed by atoms with E-state index in [1.165, 1.54) is 6.92 Å². The average molecular weight is 213 g/mol. The summed E-state index contributed by atoms with van der Waals surface area (Å²) in [7, 11) is 0. The predicted molar refractivity (Wildman–Crippen MR) is 52.3 cm³/mol. The Kier molecular flexibility index (Phi) is 2.11. The third kappa shape index (κ3) is 1.24. The number of fused-ring (bicyclic) bond motifs is 1. The van der Waals surface area contributed by atoms with Crippen molar-refractivity contribution in [2.45, 2.75) is 13.8 Å². The normalized spacial score (nSPS) is 13.1. The second-order valence-corrected chi connectivity index (χ2v) is 3.55. The highest BCUT2D eigenvalue weighted by Crippen LogP contribution is 2.42. The van der Waals surface area contributed by atoms with Gasteiger partial charge in [0.1, 0.15) is 0 Å². The molecule has 1 heterocycles. The van der Waals surface area contributed by atoms with Crippen LogP contribution in [0.5, 0.6) is 11.5 Å². The van der Waals surface area contributed by atoms with Crippen molar-refractivity contribution in [2.24, 2.45) is 0 Å². The van der Waals surface area contributed by atoms with E-state index in [-0.39, 0.29) is 12.6 Å². The zero-order valence-electron chi connectivity index (χ0n) is 7.89. The van der Waals surface area contributed by atoms with Crippen molar-refractivity contribution in [2.75, 3.05) is 6.79 Å². The minimum absolute atomic E-state index is 0.0641. The van der Waals surface area contributed by atoms with Crippen LogP contribution in [0, 0.1) is 6.92 Å². The number of hydrogen-bond acceptors (Lipinski definition) is 3. The summed E-state index contributed by atoms with van der Waals surface area (Å²) in [6.07, 6.45) is 0. The molecule has 3 nitrogen and oxygen atoms in total. The van der Waals surface area contributed by atoms with E-state index in [9.17, 15) is 4.79 Å². The number of aryl methyl sites for hydroxylation is 1. The first-order chi connectivity index (χ1) is 6.61. The van der Waals surface area contributed by atoms with Crippen molar-refractivity contribution in [1.29, 1.82) is 0 Å². The highest BCUT2D eigenvalue weighted by Gasteiger charge is 2.23. The number of carbonyl (C=O) groups excluding carboxylic acids is 1. The van der Waals surface area contributed by atoms with Gasteiger partial charge in [0.15, 0.2) is 17.3 Å². The molecule has 0 bridgehead atoms. The molecule has 0 saturated carbocycles. The fourth-order valence-electron chi connectivity index (χ4n) is 1.55. The van der Waals surface area contributed by atoms with Crippen LogP contribution in [0.1, 0.15) is 22.8 Å². The first-order valence-corrected chi connectivity index (χ1v) is 4.58. The van der Waals surface area contributed by atoms with E-state index in [2.05, 4.69) is 0 Å². The van der Waals surface area contributed by atoms with E-state index in [1.54, 1.807) is 6.07 Å². The molecule has 0 aliphatic carbocycles. The summed E-state index contributed by atoms with van der Waals surface area (Å²) in [6.45, 7) is 3.47. The molecule has 4 heteroatoms. The van der Waals surface area contributed by atoms with Gasteiger partial charge in [0, 0.05) is 5.56 Å². The van der Waals surface area contributed by atoms with Gasteiger partial charge in [-0.3, -0.25) is 4.79 Å². The Morgan fingerprint density at radius 2 is 2.21 bits per heavy atom. The fourth-order valence-corrected chi connectivity index (χ4v) is 1.98. The number of rotatable bonds is 1. The molecule has 1 aromatic rings. The van der Waals surface area contributed by atoms with E-state index < -0.39 is 0 Å². The molecular formula is C10H9ClO3. The second-order valence-electron chi connectivity index (χ2n) is 3.17. The van der Waals surface area contributed by atoms with Gasteiger partial charge in [0.2, 0.25) is 6.79 Å². The summed E-state index contributed by atoms with van der Waals surface area (Å²) in [5.74, 6) is 1.02. The molecule has 0 unspecified atom stereocenters. The van der Waals surface area contributed by atoms with Gasteiger partial charge in [-0.2, -0.15) is 0 Å². The van der Waals surface area contributed by atoms with E-state index in [0.29, 0.717) is 22.1 Å². The number of benzene rings is 1. The van der Waals surface area contributed by atoms with Crippen LogP contribution in [-0.2, 0) is 0 Å². The summed E-state index contributed by atoms with van der Waals surface area (Å²) in [5.41, 5.74) is 1.32. The molecule has 0 saturated heterocycles. The largest absolute Gasteiger partial charge is 0.454 e. The number of carbonyl (C=O) groups is 1. The minimum atomic E-state index is -0.0641. The van der Waals surface area contributed by atoms with Crippen molar-refractivity contribution in [3.05, 3.63) is 22.2 Å². The third-order valence-corrected chi connectivity index (χ3v) is 2.51. The smallest absolute Gasteiger partial charge is 0.231 e. The molecule has 0 atom stereocenters. The van der Waals surface area contributed by atoms with E-state index in [0.717, 1.165) is 5.56 Å². The van der Waals surface area contributed by atoms with Crippen LogP contribution in [0.3, 0.4) is 0 Å². The molecule has 1 aliphatic heterocycles. The lowest BCUT2D eigenvalue weighted by atomic mass is 10.0. The number of ether oxygens (including phenoxy) is 2. The topological polar surface area (TPSA) is 35.5 Å². The third-order valence-electron chi connectivity index (χ3n) is 2.15. The van der Waals surface area contributed by atoms with Crippen molar-refractivity contribution < 1.29 is 14.3 Å². The van der Waals surface area contributed by atoms with Gasteiger partial charge in [-0.25, -0.2) is 0 Å². The zero-order chi connectivity index (χ0) is 10.3. The van der Waals surface area contributed by atoms with Crippen LogP contribution in [0.15, 0.2) is 6.07 Å². The van der Waals surface area contributed by atoms with Crippen LogP contribution >= 0.6 is 11.6 Å². The van der Waals surface area contributed by atoms with Crippen molar-refractivity contribution in [3.63, 3.8) is 0 Å². The highest BCUT2D eigenvalue weighted by molar-refractivity contribution is 6.35. The first-order valence-electron chi connectivity index (χ1n) is 4.21. The maximum Gasteiger partial charge on any atom is 0.231 e. The van der Waals surface area contributed by atoms with Gasteiger partial charge in [-0.15, -0.1) is 0 Å². The van der Waals surface area contributed by atoms with Gasteiger partial charge in [0.25, 0.3) is 0 Å². The minimum Gasteiger partial charge on any atom is -0.454 e. The molecule has 74 valence electrons. The van der Waals surface area contributed by atoms with Crippen LogP contribution in [-0.4, -0.2) is 12.6 Å². The van der Waals surface area contributed by atoms with Crippen LogP contribution < -0.4 is 9.47 Å². The van der Waals surface area contributed by atoms with Crippen LogP contribution in [0.25, 0.3) is 0 Å². The fraction of sp³-hybridized carbons (Fsp3) is 0.300. The summed E-state index contributed by atoms with van der Waals surface area (Å²) in [5, 5.41) is 0.352. The molecule has 0 spiro atoms. The Morgan fingerprint density at radius 3 is 2.86 bits per heavy atom. The first kappa shape index (κ1) is 9.34. The molecule has 0 amide bonds. The molecule has 1 aliphatic rings. The van der Waals surface area contributed by atoms with Gasteiger partial charge in [0.05, 0.1) is 5.02 Å². The maximum atomic E-state index is 11.3. The molecule has 2 rings (SSSR count). The number of ketones is 1. The maximum absolute atomic E-state index is 11.3. The Hall–Kier alpha value is -1.22. The van der Waals surface area contributed by atoms with Gasteiger partial charge in [-0.1, -0.05) is 11.6 Å². The Labute approximate surface area is 86.6 Å². The van der Waals surface area contributed by atoms with Crippen molar-refractivity contribution in [3.8, 4) is 11.5 Å². The number of halogens is 1. The summed E-state index contributed by atoms with van der Waals surface area (Å²) in [6, 6.07) is 1.77. The number of Topliss-reactive ketones (excluding diaryl/α,β-unsaturated/α-hetero) is 1. The van der Waals surface area contributed by atoms with E-state index >= 15 is 0 Å². The number of hydrogen-bond donors (Lipinski definition) is 0. The molecule has 0 fully saturated rings. The molecule has 0 aromatic heterocycles. The zero-order valence-corrected chi connectivity index (χ0v) is 8.64. The van der Waals surface area contributed by atoms with Gasteiger partial charge in [-0.05, 0) is 25.5 Å². The molecule has 0 radical (unpaired) electrons. The second kappa shape index (κ2) is 3.17. The molecular weight excluding hydrogens is 204 g/mol. The summed E-state index contributed by atoms with van der Waals surface area (Å²) >= 11 is 6.03. The van der Waals surface area contributed by atoms with E-state index in [4.69, 9.17) is 21.1 Å². The lowest BCUT2D eigenvalue weighted by molar-refractivity contribution is 0.101. The highest BCUT2D eigenvalue weighted by atomic mass is 35.5. The van der Waals surface area contributed by atoms with E-state index in [1.807, 2.05) is 6.92 Å². The van der Waals surface area contributed by atoms with Gasteiger partial charge >= 0.3 is 0 Å². The molecule has 14 heavy (non-hydrogen) atoms. The monoisotopic (exact) mass is 212 g/mol. The Balaban J connectivity index is 2.68. The molecule has 1 aromatic carbocycles. The van der Waals surface area contributed by atoms with Crippen LogP contribution in [0.2, 0.25) is 5.02 Å². The lowest BCUT2D eigenvalue weighted by Crippen LogP contribution is -1.98. The summed E-state index contributed by atoms with van der Waals surface area (Å²) in [4.78, 5) is 11.3. The Morgan fingerprint density at radius 1 is 1.50 bits per heavy atom. The quantitative estimate of drug-likeness (QED) is 0.672. The average Bonchev–Trinajstić information content (AvgIpc) is 2.50.